The molecule has 0 aliphatic heterocycles. The molecule has 1 N–H and O–H groups in total. The molecule has 6 heteroatoms. The largest absolute Gasteiger partial charge is 0.241 e. The van der Waals surface area contributed by atoms with Crippen LogP contribution < -0.4 is 4.72 Å². The molecule has 0 heterocycles. The van der Waals surface area contributed by atoms with Crippen LogP contribution in [0.15, 0.2) is 51.8 Å². The van der Waals surface area contributed by atoms with Crippen LogP contribution in [0.25, 0.3) is 0 Å². The Morgan fingerprint density at radius 2 is 1.76 bits per heavy atom. The van der Waals surface area contributed by atoms with Gasteiger partial charge in [-0.1, -0.05) is 28.1 Å². The van der Waals surface area contributed by atoms with Gasteiger partial charge in [0.05, 0.1) is 4.90 Å². The fourth-order valence-corrected chi connectivity index (χ4v) is 3.47. The molecule has 0 fully saturated rings. The van der Waals surface area contributed by atoms with Gasteiger partial charge in [0.15, 0.2) is 0 Å². The summed E-state index contributed by atoms with van der Waals surface area (Å²) in [6.45, 7) is 3.54. The van der Waals surface area contributed by atoms with Crippen LogP contribution in [0.2, 0.25) is 0 Å². The lowest BCUT2D eigenvalue weighted by atomic mass is 10.1. The third-order valence-corrected chi connectivity index (χ3v) is 5.57. The molecule has 0 saturated heterocycles. The van der Waals surface area contributed by atoms with Crippen molar-refractivity contribution < 1.29 is 12.8 Å². The van der Waals surface area contributed by atoms with E-state index < -0.39 is 16.1 Å². The average Bonchev–Trinajstić information content (AvgIpc) is 2.42. The molecule has 2 aromatic rings. The van der Waals surface area contributed by atoms with Crippen molar-refractivity contribution in [1.82, 2.24) is 4.72 Å². The van der Waals surface area contributed by atoms with E-state index in [0.29, 0.717) is 5.56 Å². The van der Waals surface area contributed by atoms with Gasteiger partial charge in [-0.25, -0.2) is 17.5 Å². The summed E-state index contributed by atoms with van der Waals surface area (Å²) in [5.74, 6) is -0.350. The molecule has 0 aromatic heterocycles. The molecule has 0 saturated carbocycles. The number of rotatable bonds is 4. The van der Waals surface area contributed by atoms with E-state index >= 15 is 0 Å². The van der Waals surface area contributed by atoms with E-state index in [2.05, 4.69) is 20.7 Å². The second-order valence-electron chi connectivity index (χ2n) is 4.81. The fourth-order valence-electron chi connectivity index (χ4n) is 1.90. The zero-order valence-electron chi connectivity index (χ0n) is 11.6. The van der Waals surface area contributed by atoms with Crippen LogP contribution in [-0.2, 0) is 10.0 Å². The third kappa shape index (κ3) is 3.90. The van der Waals surface area contributed by atoms with Crippen LogP contribution in [0.5, 0.6) is 0 Å². The predicted molar refractivity (Wildman–Crippen MR) is 84.0 cm³/mol. The Hall–Kier alpha value is -1.24. The summed E-state index contributed by atoms with van der Waals surface area (Å²) in [5, 5.41) is 0. The smallest absolute Gasteiger partial charge is 0.207 e. The summed E-state index contributed by atoms with van der Waals surface area (Å²) in [7, 11) is -3.62. The van der Waals surface area contributed by atoms with Crippen molar-refractivity contribution in [2.45, 2.75) is 24.8 Å². The third-order valence-electron chi connectivity index (χ3n) is 3.14. The quantitative estimate of drug-likeness (QED) is 0.884. The zero-order valence-corrected chi connectivity index (χ0v) is 14.0. The van der Waals surface area contributed by atoms with Crippen LogP contribution in [-0.4, -0.2) is 8.42 Å². The van der Waals surface area contributed by atoms with Crippen LogP contribution in [0, 0.1) is 12.7 Å². The van der Waals surface area contributed by atoms with Crippen molar-refractivity contribution in [3.8, 4) is 0 Å². The van der Waals surface area contributed by atoms with Crippen LogP contribution in [0.4, 0.5) is 4.39 Å². The van der Waals surface area contributed by atoms with Crippen LogP contribution >= 0.6 is 15.9 Å². The molecule has 2 rings (SSSR count). The van der Waals surface area contributed by atoms with E-state index in [1.165, 1.54) is 18.2 Å². The van der Waals surface area contributed by atoms with Gasteiger partial charge in [0.2, 0.25) is 10.0 Å². The van der Waals surface area contributed by atoms with Crippen molar-refractivity contribution in [3.05, 3.63) is 63.9 Å². The molecule has 0 spiro atoms. The minimum absolute atomic E-state index is 0.206. The van der Waals surface area contributed by atoms with Gasteiger partial charge in [0.1, 0.15) is 5.82 Å². The van der Waals surface area contributed by atoms with E-state index in [1.807, 2.05) is 6.92 Å². The van der Waals surface area contributed by atoms with Gasteiger partial charge in [0, 0.05) is 10.5 Å². The van der Waals surface area contributed by atoms with Crippen molar-refractivity contribution in [1.29, 1.82) is 0 Å². The highest BCUT2D eigenvalue weighted by Gasteiger charge is 2.19. The number of benzene rings is 2. The summed E-state index contributed by atoms with van der Waals surface area (Å²) < 4.78 is 41.0. The van der Waals surface area contributed by atoms with Gasteiger partial charge in [-0.15, -0.1) is 0 Å². The highest BCUT2D eigenvalue weighted by molar-refractivity contribution is 9.10. The lowest BCUT2D eigenvalue weighted by molar-refractivity contribution is 0.566. The first-order valence-corrected chi connectivity index (χ1v) is 8.61. The Balaban J connectivity index is 2.24. The van der Waals surface area contributed by atoms with Crippen molar-refractivity contribution in [3.63, 3.8) is 0 Å². The lowest BCUT2D eigenvalue weighted by Crippen LogP contribution is -2.27. The van der Waals surface area contributed by atoms with Gasteiger partial charge in [-0.3, -0.25) is 0 Å². The number of halogens is 2. The van der Waals surface area contributed by atoms with E-state index in [9.17, 15) is 12.8 Å². The number of sulfonamides is 1. The highest BCUT2D eigenvalue weighted by Crippen LogP contribution is 2.22. The molecular weight excluding hydrogens is 357 g/mol. The van der Waals surface area contributed by atoms with E-state index in [0.717, 1.165) is 10.0 Å². The van der Waals surface area contributed by atoms with Crippen LogP contribution in [0.1, 0.15) is 24.1 Å². The number of hydrogen-bond acceptors (Lipinski definition) is 2. The Bertz CT molecular complexity index is 745. The number of hydrogen-bond donors (Lipinski definition) is 1. The van der Waals surface area contributed by atoms with Gasteiger partial charge >= 0.3 is 0 Å². The monoisotopic (exact) mass is 371 g/mol. The first-order chi connectivity index (χ1) is 9.79. The predicted octanol–water partition coefficient (Wildman–Crippen LogP) is 3.94. The minimum atomic E-state index is -3.62. The molecule has 0 amide bonds. The van der Waals surface area contributed by atoms with E-state index in [4.69, 9.17) is 0 Å². The summed E-state index contributed by atoms with van der Waals surface area (Å²) in [5.41, 5.74) is 1.54. The maximum atomic E-state index is 12.9. The molecular formula is C15H15BrFNO2S. The minimum Gasteiger partial charge on any atom is -0.207 e. The Kier molecular flexibility index (Phi) is 4.81. The summed E-state index contributed by atoms with van der Waals surface area (Å²) in [6, 6.07) is 10.1. The summed E-state index contributed by atoms with van der Waals surface area (Å²) in [6.07, 6.45) is 0. The summed E-state index contributed by atoms with van der Waals surface area (Å²) in [4.78, 5) is 0.206. The Labute approximate surface area is 132 Å². The number of nitrogens with one attached hydrogen (secondary N) is 1. The zero-order chi connectivity index (χ0) is 15.6. The standard InChI is InChI=1S/C15H15BrFNO2S/c1-10-9-14(7-8-15(10)16)21(19,20)18-11(2)12-3-5-13(17)6-4-12/h3-9,11,18H,1-2H3/t11-/m0/s1. The molecule has 112 valence electrons. The molecule has 3 nitrogen and oxygen atoms in total. The van der Waals surface area contributed by atoms with E-state index in [-0.39, 0.29) is 10.7 Å². The SMILES string of the molecule is Cc1cc(S(=O)(=O)N[C@@H](C)c2ccc(F)cc2)ccc1Br. The first-order valence-electron chi connectivity index (χ1n) is 6.33. The lowest BCUT2D eigenvalue weighted by Gasteiger charge is -2.15. The molecule has 0 aliphatic carbocycles. The Morgan fingerprint density at radius 1 is 1.14 bits per heavy atom. The molecule has 0 bridgehead atoms. The second kappa shape index (κ2) is 6.25. The average molecular weight is 372 g/mol. The van der Waals surface area contributed by atoms with Crippen molar-refractivity contribution >= 4 is 26.0 Å². The second-order valence-corrected chi connectivity index (χ2v) is 7.37. The molecule has 0 aliphatic rings. The van der Waals surface area contributed by atoms with Gasteiger partial charge in [0.25, 0.3) is 0 Å². The van der Waals surface area contributed by atoms with Gasteiger partial charge < -0.3 is 0 Å². The van der Waals surface area contributed by atoms with Crippen LogP contribution in [0.3, 0.4) is 0 Å². The first kappa shape index (κ1) is 16.1. The Morgan fingerprint density at radius 3 is 2.33 bits per heavy atom. The summed E-state index contributed by atoms with van der Waals surface area (Å²) >= 11 is 3.34. The van der Waals surface area contributed by atoms with Crippen molar-refractivity contribution in [2.75, 3.05) is 0 Å². The molecule has 0 radical (unpaired) electrons. The number of aryl methyl sites for hydroxylation is 1. The maximum Gasteiger partial charge on any atom is 0.241 e. The highest BCUT2D eigenvalue weighted by atomic mass is 79.9. The molecule has 2 aromatic carbocycles. The maximum absolute atomic E-state index is 12.9. The molecule has 1 atom stereocenters. The van der Waals surface area contributed by atoms with Crippen molar-refractivity contribution in [2.24, 2.45) is 0 Å². The molecule has 21 heavy (non-hydrogen) atoms. The molecule has 0 unspecified atom stereocenters. The normalized spacial score (nSPS) is 13.1. The van der Waals surface area contributed by atoms with E-state index in [1.54, 1.807) is 31.2 Å². The fraction of sp³-hybridized carbons (Fsp3) is 0.200. The van der Waals surface area contributed by atoms with Gasteiger partial charge in [-0.2, -0.15) is 0 Å². The topological polar surface area (TPSA) is 46.2 Å². The van der Waals surface area contributed by atoms with Gasteiger partial charge in [-0.05, 0) is 55.3 Å².